The first kappa shape index (κ1) is 21.8. The highest BCUT2D eigenvalue weighted by atomic mass is 19.1. The van der Waals surface area contributed by atoms with E-state index in [2.05, 4.69) is 14.9 Å². The molecule has 1 saturated heterocycles. The van der Waals surface area contributed by atoms with Crippen LogP contribution in [0.25, 0.3) is 16.6 Å². The molecular weight excluding hydrogens is 423 g/mol. The van der Waals surface area contributed by atoms with Gasteiger partial charge in [0.1, 0.15) is 36.7 Å². The van der Waals surface area contributed by atoms with Crippen LogP contribution in [0.2, 0.25) is 0 Å². The number of benzene rings is 1. The van der Waals surface area contributed by atoms with Gasteiger partial charge >= 0.3 is 0 Å². The average molecular weight is 453 g/mol. The number of aromatic nitrogens is 3. The molecule has 1 aromatic carbocycles. The van der Waals surface area contributed by atoms with Crippen LogP contribution < -0.4 is 15.0 Å². The van der Waals surface area contributed by atoms with Crippen molar-refractivity contribution in [2.24, 2.45) is 0 Å². The van der Waals surface area contributed by atoms with Gasteiger partial charge in [0, 0.05) is 31.4 Å². The highest BCUT2D eigenvalue weighted by molar-refractivity contribution is 5.77. The Morgan fingerprint density at radius 1 is 1.15 bits per heavy atom. The van der Waals surface area contributed by atoms with Crippen LogP contribution in [0.15, 0.2) is 41.5 Å². The van der Waals surface area contributed by atoms with E-state index in [4.69, 9.17) is 9.47 Å². The van der Waals surface area contributed by atoms with Crippen molar-refractivity contribution in [3.8, 4) is 17.2 Å². The topological polar surface area (TPSA) is 69.5 Å². The summed E-state index contributed by atoms with van der Waals surface area (Å²) in [5, 5.41) is 0.464. The molecule has 2 aliphatic rings. The van der Waals surface area contributed by atoms with E-state index in [9.17, 15) is 9.18 Å². The predicted octanol–water partition coefficient (Wildman–Crippen LogP) is 3.83. The Hall–Kier alpha value is -3.00. The van der Waals surface area contributed by atoms with E-state index in [0.717, 1.165) is 32.0 Å². The number of ether oxygens (including phenoxy) is 2. The number of pyridine rings is 1. The molecule has 33 heavy (non-hydrogen) atoms. The van der Waals surface area contributed by atoms with Crippen LogP contribution in [0.3, 0.4) is 0 Å². The summed E-state index contributed by atoms with van der Waals surface area (Å²) in [5.41, 5.74) is 0.835. The zero-order chi connectivity index (χ0) is 22.8. The summed E-state index contributed by atoms with van der Waals surface area (Å²) < 4.78 is 26.4. The normalized spacial score (nSPS) is 17.8. The molecule has 3 aromatic rings. The fraction of sp³-hybridized carbons (Fsp3) is 0.480. The SMILES string of the molecule is Cc1nc2cnccc2c(=O)n1-c1ccc(OC2CCN(C3CCC3)CC2)cc1OCCF. The van der Waals surface area contributed by atoms with Gasteiger partial charge < -0.3 is 14.4 Å². The van der Waals surface area contributed by atoms with E-state index in [0.29, 0.717) is 33.9 Å². The number of fused-ring (bicyclic) bond motifs is 1. The number of alkyl halides is 1. The van der Waals surface area contributed by atoms with Crippen molar-refractivity contribution in [1.29, 1.82) is 0 Å². The van der Waals surface area contributed by atoms with Crippen molar-refractivity contribution < 1.29 is 13.9 Å². The molecule has 7 nitrogen and oxygen atoms in total. The number of hydrogen-bond donors (Lipinski definition) is 0. The molecule has 0 unspecified atom stereocenters. The van der Waals surface area contributed by atoms with Gasteiger partial charge in [0.05, 0.1) is 22.8 Å². The minimum atomic E-state index is -0.625. The number of halogens is 1. The predicted molar refractivity (Wildman–Crippen MR) is 124 cm³/mol. The summed E-state index contributed by atoms with van der Waals surface area (Å²) in [4.78, 5) is 24.4. The Kier molecular flexibility index (Phi) is 6.26. The summed E-state index contributed by atoms with van der Waals surface area (Å²) in [6.07, 6.45) is 9.24. The van der Waals surface area contributed by atoms with Crippen LogP contribution >= 0.6 is 0 Å². The molecule has 0 N–H and O–H groups in total. The Bertz CT molecular complexity index is 1190. The lowest BCUT2D eigenvalue weighted by atomic mass is 9.90. The van der Waals surface area contributed by atoms with Gasteiger partial charge in [-0.25, -0.2) is 9.37 Å². The third-order valence-electron chi connectivity index (χ3n) is 6.72. The number of likely N-dealkylation sites (tertiary alicyclic amines) is 1. The molecule has 0 bridgehead atoms. The second kappa shape index (κ2) is 9.47. The summed E-state index contributed by atoms with van der Waals surface area (Å²) in [6, 6.07) is 7.80. The zero-order valence-electron chi connectivity index (χ0n) is 18.9. The van der Waals surface area contributed by atoms with Crippen LogP contribution in [-0.2, 0) is 0 Å². The van der Waals surface area contributed by atoms with Crippen molar-refractivity contribution in [1.82, 2.24) is 19.4 Å². The molecular formula is C25H29FN4O3. The van der Waals surface area contributed by atoms with E-state index < -0.39 is 6.67 Å². The Morgan fingerprint density at radius 3 is 2.70 bits per heavy atom. The molecule has 5 rings (SSSR count). The molecule has 1 aliphatic heterocycles. The van der Waals surface area contributed by atoms with Crippen LogP contribution in [0.4, 0.5) is 4.39 Å². The van der Waals surface area contributed by atoms with Crippen LogP contribution in [0, 0.1) is 6.92 Å². The first-order chi connectivity index (χ1) is 16.1. The molecule has 2 aromatic heterocycles. The van der Waals surface area contributed by atoms with Crippen LogP contribution in [0.5, 0.6) is 11.5 Å². The fourth-order valence-electron chi connectivity index (χ4n) is 4.75. The quantitative estimate of drug-likeness (QED) is 0.543. The Balaban J connectivity index is 1.41. The number of nitrogens with zero attached hydrogens (tertiary/aromatic N) is 4. The van der Waals surface area contributed by atoms with Crippen molar-refractivity contribution in [2.75, 3.05) is 26.4 Å². The molecule has 0 radical (unpaired) electrons. The molecule has 2 fully saturated rings. The third-order valence-corrected chi connectivity index (χ3v) is 6.72. The third kappa shape index (κ3) is 4.44. The molecule has 3 heterocycles. The van der Waals surface area contributed by atoms with Crippen molar-refractivity contribution in [2.45, 2.75) is 51.2 Å². The maximum absolute atomic E-state index is 13.2. The molecule has 8 heteroatoms. The minimum Gasteiger partial charge on any atom is -0.490 e. The maximum atomic E-state index is 13.2. The van der Waals surface area contributed by atoms with Crippen molar-refractivity contribution >= 4 is 10.9 Å². The van der Waals surface area contributed by atoms with E-state index in [1.807, 2.05) is 6.07 Å². The first-order valence-corrected chi connectivity index (χ1v) is 11.7. The number of hydrogen-bond acceptors (Lipinski definition) is 6. The van der Waals surface area contributed by atoms with Crippen LogP contribution in [-0.4, -0.2) is 58.0 Å². The molecule has 0 amide bonds. The van der Waals surface area contributed by atoms with Gasteiger partial charge in [-0.3, -0.25) is 14.3 Å². The fourth-order valence-corrected chi connectivity index (χ4v) is 4.75. The zero-order valence-corrected chi connectivity index (χ0v) is 18.9. The highest BCUT2D eigenvalue weighted by Crippen LogP contribution is 2.32. The van der Waals surface area contributed by atoms with Gasteiger partial charge in [-0.1, -0.05) is 6.42 Å². The van der Waals surface area contributed by atoms with Crippen molar-refractivity contribution in [3.05, 3.63) is 52.8 Å². The van der Waals surface area contributed by atoms with Gasteiger partial charge in [-0.2, -0.15) is 0 Å². The van der Waals surface area contributed by atoms with Gasteiger partial charge in [0.15, 0.2) is 0 Å². The number of rotatable bonds is 7. The van der Waals surface area contributed by atoms with Gasteiger partial charge in [0.25, 0.3) is 5.56 Å². The Labute approximate surface area is 192 Å². The first-order valence-electron chi connectivity index (χ1n) is 11.7. The number of aryl methyl sites for hydroxylation is 1. The molecule has 174 valence electrons. The summed E-state index contributed by atoms with van der Waals surface area (Å²) >= 11 is 0. The smallest absolute Gasteiger partial charge is 0.266 e. The van der Waals surface area contributed by atoms with E-state index in [1.54, 1.807) is 37.5 Å². The molecule has 1 aliphatic carbocycles. The molecule has 0 spiro atoms. The maximum Gasteiger partial charge on any atom is 0.266 e. The average Bonchev–Trinajstić information content (AvgIpc) is 2.79. The standard InChI is InChI=1S/C25H29FN4O3/c1-17-28-22-16-27-11-7-21(22)25(31)30(17)23-6-5-20(15-24(23)32-14-10-26)33-19-8-12-29(13-9-19)18-3-2-4-18/h5-7,11,15-16,18-19H,2-4,8-10,12-14H2,1H3. The van der Waals surface area contributed by atoms with E-state index >= 15 is 0 Å². The molecule has 0 atom stereocenters. The summed E-state index contributed by atoms with van der Waals surface area (Å²) in [7, 11) is 0. The van der Waals surface area contributed by atoms with Crippen molar-refractivity contribution in [3.63, 3.8) is 0 Å². The van der Waals surface area contributed by atoms with E-state index in [1.165, 1.54) is 23.8 Å². The van der Waals surface area contributed by atoms with Gasteiger partial charge in [0.2, 0.25) is 0 Å². The monoisotopic (exact) mass is 452 g/mol. The lowest BCUT2D eigenvalue weighted by Crippen LogP contribution is -2.46. The van der Waals surface area contributed by atoms with Crippen LogP contribution in [0.1, 0.15) is 37.9 Å². The molecule has 1 saturated carbocycles. The highest BCUT2D eigenvalue weighted by Gasteiger charge is 2.29. The summed E-state index contributed by atoms with van der Waals surface area (Å²) in [6.45, 7) is 3.15. The van der Waals surface area contributed by atoms with Gasteiger partial charge in [-0.15, -0.1) is 0 Å². The Morgan fingerprint density at radius 2 is 1.97 bits per heavy atom. The van der Waals surface area contributed by atoms with Gasteiger partial charge in [-0.05, 0) is 50.8 Å². The number of piperidine rings is 1. The van der Waals surface area contributed by atoms with E-state index in [-0.39, 0.29) is 18.3 Å². The summed E-state index contributed by atoms with van der Waals surface area (Å²) in [5.74, 6) is 1.57. The lowest BCUT2D eigenvalue weighted by Gasteiger charge is -2.41. The second-order valence-corrected chi connectivity index (χ2v) is 8.80. The largest absolute Gasteiger partial charge is 0.490 e. The lowest BCUT2D eigenvalue weighted by molar-refractivity contribution is 0.0492. The second-order valence-electron chi connectivity index (χ2n) is 8.80. The minimum absolute atomic E-state index is 0.102.